The van der Waals surface area contributed by atoms with E-state index in [-0.39, 0.29) is 13.7 Å². The maximum atomic E-state index is 4.34. The Labute approximate surface area is 357 Å². The average Bonchev–Trinajstić information content (AvgIpc) is 3.26. The standard InChI is InChI=1S/C24H14BBr2N.C24H16BN.BHNS/c26-15-9-11-23-19(13-15)17-5-1-3-7-21(17)25-22-8-4-2-6-18(22)20-14-16(27)10-12-24(20)28(23)25;1-5-13-21-17(9-1)19-11-3-7-15-23(19)26-24-16-8-4-12-20(24)18-10-2-6-14-22(18)25(21)26;1-2-3/h1-14H;1-16H;3H. The van der Waals surface area contributed by atoms with E-state index in [1.54, 1.807) is 0 Å². The molecule has 0 spiro atoms. The first-order valence-electron chi connectivity index (χ1n) is 18.8. The molecule has 0 bridgehead atoms. The Hall–Kier alpha value is -5.34. The normalized spacial score (nSPS) is 12.7. The van der Waals surface area contributed by atoms with Crippen LogP contribution in [0, 0.1) is 0 Å². The smallest absolute Gasteiger partial charge is 0.329 e. The monoisotopic (exact) mass is 872 g/mol. The minimum atomic E-state index is 0.176. The van der Waals surface area contributed by atoms with Crippen molar-refractivity contribution >= 4 is 111 Å². The molecule has 9 heteroatoms. The second-order valence-corrected chi connectivity index (χ2v) is 16.4. The number of rotatable bonds is 0. The van der Waals surface area contributed by atoms with E-state index in [2.05, 4.69) is 248 Å². The van der Waals surface area contributed by atoms with Crippen LogP contribution < -0.4 is 31.5 Å². The van der Waals surface area contributed by atoms with Crippen LogP contribution in [0.5, 0.6) is 0 Å². The summed E-state index contributed by atoms with van der Waals surface area (Å²) < 4.78 is 4.90. The molecule has 1 radical (unpaired) electrons. The number of benzene rings is 8. The summed E-state index contributed by atoms with van der Waals surface area (Å²) in [6.45, 7) is 0.391. The number of fused-ring (bicyclic) bond motifs is 22. The largest absolute Gasteiger partial charge is 0.376 e. The van der Waals surface area contributed by atoms with Crippen molar-refractivity contribution < 1.29 is 0 Å². The van der Waals surface area contributed by atoms with Crippen LogP contribution >= 0.6 is 44.7 Å². The van der Waals surface area contributed by atoms with Crippen molar-refractivity contribution in [3.05, 3.63) is 191 Å². The van der Waals surface area contributed by atoms with E-state index in [0.717, 1.165) is 8.95 Å². The third-order valence-electron chi connectivity index (χ3n) is 11.5. The van der Waals surface area contributed by atoms with Gasteiger partial charge in [-0.25, -0.2) is 0 Å². The molecule has 0 saturated carbocycles. The summed E-state index contributed by atoms with van der Waals surface area (Å²) in [5, 5.41) is 0. The first-order valence-corrected chi connectivity index (χ1v) is 20.8. The van der Waals surface area contributed by atoms with Crippen molar-refractivity contribution in [2.24, 2.45) is 4.30 Å². The molecular formula is C48H31B3Br2N3S. The first kappa shape index (κ1) is 36.0. The predicted octanol–water partition coefficient (Wildman–Crippen LogP) is 10.9. The van der Waals surface area contributed by atoms with Gasteiger partial charge in [0, 0.05) is 53.9 Å². The molecule has 4 aliphatic rings. The minimum absolute atomic E-state index is 0.176. The van der Waals surface area contributed by atoms with Crippen molar-refractivity contribution in [2.75, 3.05) is 9.62 Å². The Morgan fingerprint density at radius 1 is 0.368 bits per heavy atom. The molecule has 0 aromatic heterocycles. The van der Waals surface area contributed by atoms with Gasteiger partial charge in [0.2, 0.25) is 0 Å². The van der Waals surface area contributed by atoms with Crippen LogP contribution in [0.25, 0.3) is 44.5 Å². The van der Waals surface area contributed by atoms with Crippen LogP contribution in [0.2, 0.25) is 0 Å². The third-order valence-corrected chi connectivity index (χ3v) is 12.4. The fourth-order valence-electron chi connectivity index (χ4n) is 9.32. The summed E-state index contributed by atoms with van der Waals surface area (Å²) in [6, 6.07) is 66.1. The summed E-state index contributed by atoms with van der Waals surface area (Å²) >= 11 is 10.5. The molecule has 267 valence electrons. The molecule has 8 aromatic carbocycles. The van der Waals surface area contributed by atoms with Gasteiger partial charge in [0.1, 0.15) is 0 Å². The number of nitrogens with zero attached hydrogens (tertiary/aromatic N) is 3. The van der Waals surface area contributed by atoms with Crippen LogP contribution in [-0.2, 0) is 0 Å². The molecule has 0 N–H and O–H groups in total. The Kier molecular flexibility index (Phi) is 9.40. The van der Waals surface area contributed by atoms with Gasteiger partial charge in [-0.05, 0) is 92.6 Å². The van der Waals surface area contributed by atoms with E-state index in [0.29, 0.717) is 0 Å². The zero-order valence-corrected chi connectivity index (χ0v) is 34.7. The molecule has 8 aromatic rings. The van der Waals surface area contributed by atoms with E-state index in [4.69, 9.17) is 0 Å². The van der Waals surface area contributed by atoms with Gasteiger partial charge in [0.05, 0.1) is 0 Å². The van der Waals surface area contributed by atoms with E-state index in [9.17, 15) is 0 Å². The second kappa shape index (κ2) is 14.9. The molecule has 0 saturated heterocycles. The van der Waals surface area contributed by atoms with Crippen LogP contribution in [0.1, 0.15) is 0 Å². The summed E-state index contributed by atoms with van der Waals surface area (Å²) in [5.74, 6) is 0. The fraction of sp³-hybridized carbons (Fsp3) is 0. The molecule has 12 rings (SSSR count). The maximum Gasteiger partial charge on any atom is 0.329 e. The number of anilines is 4. The van der Waals surface area contributed by atoms with Gasteiger partial charge < -0.3 is 9.62 Å². The SMILES string of the molecule is Brc1ccc2c(c1)-c1ccccc1B1c3ccccc3-c3cc(Br)ccc3N12.[B]=NS.c1ccc2c(c1)B1c3ccccc3-c3ccccc3N1c1ccccc1-2. The van der Waals surface area contributed by atoms with Crippen molar-refractivity contribution in [3.63, 3.8) is 0 Å². The van der Waals surface area contributed by atoms with E-state index in [1.807, 2.05) is 0 Å². The quantitative estimate of drug-likeness (QED) is 0.121. The second-order valence-electron chi connectivity index (χ2n) is 14.4. The van der Waals surface area contributed by atoms with Gasteiger partial charge in [0.15, 0.2) is 0 Å². The van der Waals surface area contributed by atoms with Crippen molar-refractivity contribution in [2.45, 2.75) is 0 Å². The molecular weight excluding hydrogens is 843 g/mol. The van der Waals surface area contributed by atoms with Crippen LogP contribution in [0.3, 0.4) is 0 Å². The molecule has 0 aliphatic carbocycles. The van der Waals surface area contributed by atoms with E-state index < -0.39 is 0 Å². The predicted molar refractivity (Wildman–Crippen MR) is 254 cm³/mol. The number of hydrogen-bond donors (Lipinski definition) is 1. The summed E-state index contributed by atoms with van der Waals surface area (Å²) in [5.41, 5.74) is 21.1. The third kappa shape index (κ3) is 5.90. The van der Waals surface area contributed by atoms with E-state index in [1.165, 1.54) is 89.1 Å². The molecule has 0 atom stereocenters. The van der Waals surface area contributed by atoms with Crippen LogP contribution in [-0.4, -0.2) is 21.3 Å². The van der Waals surface area contributed by atoms with Crippen molar-refractivity contribution in [3.8, 4) is 44.5 Å². The molecule has 4 aliphatic heterocycles. The van der Waals surface area contributed by atoms with Crippen molar-refractivity contribution in [1.82, 2.24) is 0 Å². The van der Waals surface area contributed by atoms with Gasteiger partial charge in [-0.3, -0.25) is 0 Å². The molecule has 0 fully saturated rings. The molecule has 0 unspecified atom stereocenters. The molecule has 4 heterocycles. The van der Waals surface area contributed by atoms with E-state index >= 15 is 0 Å². The van der Waals surface area contributed by atoms with Gasteiger partial charge >= 0.3 is 38.4 Å². The van der Waals surface area contributed by atoms with Gasteiger partial charge in [-0.2, -0.15) is 0 Å². The zero-order chi connectivity index (χ0) is 38.6. The number of thiol groups is 1. The molecule has 57 heavy (non-hydrogen) atoms. The molecule has 0 amide bonds. The first-order chi connectivity index (χ1) is 28.1. The zero-order valence-electron chi connectivity index (χ0n) is 30.6. The summed E-state index contributed by atoms with van der Waals surface area (Å²) in [7, 11) is 4.34. The fourth-order valence-corrected chi connectivity index (χ4v) is 10.0. The summed E-state index contributed by atoms with van der Waals surface area (Å²) in [4.78, 5) is 5.03. The minimum Gasteiger partial charge on any atom is -0.376 e. The Morgan fingerprint density at radius 2 is 0.632 bits per heavy atom. The Morgan fingerprint density at radius 3 is 0.982 bits per heavy atom. The van der Waals surface area contributed by atoms with Gasteiger partial charge in [-0.1, -0.05) is 165 Å². The van der Waals surface area contributed by atoms with Crippen molar-refractivity contribution in [1.29, 1.82) is 0 Å². The molecule has 3 nitrogen and oxygen atoms in total. The topological polar surface area (TPSA) is 18.8 Å². The Bertz CT molecular complexity index is 2600. The van der Waals surface area contributed by atoms with Crippen LogP contribution in [0.15, 0.2) is 195 Å². The van der Waals surface area contributed by atoms with Gasteiger partial charge in [0.25, 0.3) is 0 Å². The maximum absolute atomic E-state index is 4.34. The van der Waals surface area contributed by atoms with Crippen LogP contribution in [0.4, 0.5) is 22.7 Å². The Balaban J connectivity index is 0.000000130. The number of para-hydroxylation sites is 2. The number of hydrogen-bond acceptors (Lipinski definition) is 4. The number of halogens is 2. The summed E-state index contributed by atoms with van der Waals surface area (Å²) in [6.07, 6.45) is 0. The average molecular weight is 874 g/mol. The van der Waals surface area contributed by atoms with Gasteiger partial charge in [-0.15, -0.1) is 0 Å².